The fraction of sp³-hybridized carbons (Fsp3) is 0.500. The molecule has 0 bridgehead atoms. The van der Waals surface area contributed by atoms with Gasteiger partial charge in [0.2, 0.25) is 0 Å². The molecule has 1 aromatic carbocycles. The van der Waals surface area contributed by atoms with Crippen LogP contribution in [-0.2, 0) is 0 Å². The van der Waals surface area contributed by atoms with Crippen molar-refractivity contribution in [1.29, 1.82) is 0 Å². The maximum absolute atomic E-state index is 12.6. The molecule has 1 heterocycles. The minimum Gasteiger partial charge on any atom is -0.391 e. The quantitative estimate of drug-likeness (QED) is 0.779. The number of aliphatic hydroxyl groups excluding tert-OH is 1. The molecule has 1 aliphatic rings. The minimum atomic E-state index is -0.441. The molecule has 2 unspecified atom stereocenters. The lowest BCUT2D eigenvalue weighted by Crippen LogP contribution is -2.41. The van der Waals surface area contributed by atoms with E-state index in [9.17, 15) is 9.90 Å². The molecule has 1 amide bonds. The van der Waals surface area contributed by atoms with E-state index in [0.717, 1.165) is 10.1 Å². The van der Waals surface area contributed by atoms with Crippen LogP contribution < -0.4 is 0 Å². The summed E-state index contributed by atoms with van der Waals surface area (Å²) in [6, 6.07) is 5.37. The Hall–Kier alpha value is -0.370. The van der Waals surface area contributed by atoms with Crippen LogP contribution in [0, 0.1) is 3.57 Å². The molecule has 0 aromatic heterocycles. The standard InChI is InChI=1S/C14H18ClIN2O2/c1-17(2)7-10-6-11(19)8-18(10)14(20)9-3-4-13(16)12(15)5-9/h3-5,10-11,19H,6-8H2,1-2H3. The average molecular weight is 409 g/mol. The first-order chi connectivity index (χ1) is 9.38. The summed E-state index contributed by atoms with van der Waals surface area (Å²) in [4.78, 5) is 16.4. The summed E-state index contributed by atoms with van der Waals surface area (Å²) in [6.07, 6.45) is 0.186. The third-order valence-corrected chi connectivity index (χ3v) is 4.97. The molecular weight excluding hydrogens is 391 g/mol. The topological polar surface area (TPSA) is 43.8 Å². The molecule has 110 valence electrons. The van der Waals surface area contributed by atoms with Crippen molar-refractivity contribution in [2.45, 2.75) is 18.6 Å². The molecule has 1 aromatic rings. The molecule has 0 aliphatic carbocycles. The number of likely N-dealkylation sites (N-methyl/N-ethyl adjacent to an activating group) is 1. The van der Waals surface area contributed by atoms with Crippen LogP contribution in [0.25, 0.3) is 0 Å². The highest BCUT2D eigenvalue weighted by Gasteiger charge is 2.34. The SMILES string of the molecule is CN(C)CC1CC(O)CN1C(=O)c1ccc(I)c(Cl)c1. The summed E-state index contributed by atoms with van der Waals surface area (Å²) in [7, 11) is 3.93. The van der Waals surface area contributed by atoms with Gasteiger partial charge in [-0.15, -0.1) is 0 Å². The van der Waals surface area contributed by atoms with Gasteiger partial charge in [0.15, 0.2) is 0 Å². The van der Waals surface area contributed by atoms with Gasteiger partial charge in [0.25, 0.3) is 5.91 Å². The van der Waals surface area contributed by atoms with Crippen LogP contribution in [0.3, 0.4) is 0 Å². The third kappa shape index (κ3) is 3.63. The lowest BCUT2D eigenvalue weighted by Gasteiger charge is -2.27. The van der Waals surface area contributed by atoms with Crippen molar-refractivity contribution in [3.8, 4) is 0 Å². The number of aliphatic hydroxyl groups is 1. The number of benzene rings is 1. The Balaban J connectivity index is 2.19. The number of hydrogen-bond acceptors (Lipinski definition) is 3. The fourth-order valence-electron chi connectivity index (χ4n) is 2.53. The molecule has 0 spiro atoms. The second-order valence-electron chi connectivity index (χ2n) is 5.39. The van der Waals surface area contributed by atoms with Crippen LogP contribution in [0.15, 0.2) is 18.2 Å². The molecule has 2 atom stereocenters. The summed E-state index contributed by atoms with van der Waals surface area (Å²) < 4.78 is 0.923. The zero-order valence-corrected chi connectivity index (χ0v) is 14.4. The summed E-state index contributed by atoms with van der Waals surface area (Å²) >= 11 is 8.21. The first kappa shape index (κ1) is 16.0. The second kappa shape index (κ2) is 6.60. The Morgan fingerprint density at radius 3 is 2.85 bits per heavy atom. The van der Waals surface area contributed by atoms with Crippen molar-refractivity contribution >= 4 is 40.1 Å². The van der Waals surface area contributed by atoms with Crippen LogP contribution in [0.4, 0.5) is 0 Å². The van der Waals surface area contributed by atoms with E-state index in [-0.39, 0.29) is 11.9 Å². The van der Waals surface area contributed by atoms with Crippen molar-refractivity contribution in [1.82, 2.24) is 9.80 Å². The smallest absolute Gasteiger partial charge is 0.254 e. The third-order valence-electron chi connectivity index (χ3n) is 3.40. The average Bonchev–Trinajstić information content (AvgIpc) is 2.72. The lowest BCUT2D eigenvalue weighted by molar-refractivity contribution is 0.0699. The molecule has 1 N–H and O–H groups in total. The molecular formula is C14H18ClIN2O2. The Morgan fingerprint density at radius 2 is 2.25 bits per heavy atom. The molecule has 4 nitrogen and oxygen atoms in total. The largest absolute Gasteiger partial charge is 0.391 e. The number of carbonyl (C=O) groups is 1. The monoisotopic (exact) mass is 408 g/mol. The molecule has 20 heavy (non-hydrogen) atoms. The van der Waals surface area contributed by atoms with Gasteiger partial charge in [-0.05, 0) is 61.3 Å². The maximum Gasteiger partial charge on any atom is 0.254 e. The lowest BCUT2D eigenvalue weighted by atomic mass is 10.1. The van der Waals surface area contributed by atoms with Gasteiger partial charge in [-0.1, -0.05) is 11.6 Å². The van der Waals surface area contributed by atoms with E-state index in [1.54, 1.807) is 17.0 Å². The molecule has 1 saturated heterocycles. The highest BCUT2D eigenvalue weighted by molar-refractivity contribution is 14.1. The number of amides is 1. The van der Waals surface area contributed by atoms with Gasteiger partial charge in [-0.3, -0.25) is 4.79 Å². The Morgan fingerprint density at radius 1 is 1.55 bits per heavy atom. The van der Waals surface area contributed by atoms with Gasteiger partial charge in [-0.2, -0.15) is 0 Å². The predicted molar refractivity (Wildman–Crippen MR) is 88.2 cm³/mol. The van der Waals surface area contributed by atoms with Crippen LogP contribution >= 0.6 is 34.2 Å². The maximum atomic E-state index is 12.6. The van der Waals surface area contributed by atoms with E-state index >= 15 is 0 Å². The summed E-state index contributed by atoms with van der Waals surface area (Å²) in [5, 5.41) is 10.4. The van der Waals surface area contributed by atoms with E-state index < -0.39 is 6.10 Å². The van der Waals surface area contributed by atoms with Crippen molar-refractivity contribution in [2.24, 2.45) is 0 Å². The molecule has 6 heteroatoms. The number of halogens is 2. The van der Waals surface area contributed by atoms with Gasteiger partial charge in [-0.25, -0.2) is 0 Å². The highest BCUT2D eigenvalue weighted by atomic mass is 127. The Kier molecular flexibility index (Phi) is 5.28. The molecule has 1 aliphatic heterocycles. The first-order valence-corrected chi connectivity index (χ1v) is 7.93. The van der Waals surface area contributed by atoms with Crippen LogP contribution in [-0.4, -0.2) is 60.1 Å². The molecule has 1 fully saturated rings. The number of hydrogen-bond donors (Lipinski definition) is 1. The zero-order valence-electron chi connectivity index (χ0n) is 11.5. The number of carbonyl (C=O) groups excluding carboxylic acids is 1. The van der Waals surface area contributed by atoms with Crippen LogP contribution in [0.2, 0.25) is 5.02 Å². The molecule has 0 saturated carbocycles. The van der Waals surface area contributed by atoms with Gasteiger partial charge < -0.3 is 14.9 Å². The van der Waals surface area contributed by atoms with E-state index in [2.05, 4.69) is 22.6 Å². The van der Waals surface area contributed by atoms with Crippen LogP contribution in [0.5, 0.6) is 0 Å². The fourth-order valence-corrected chi connectivity index (χ4v) is 3.05. The van der Waals surface area contributed by atoms with Crippen LogP contribution in [0.1, 0.15) is 16.8 Å². The van der Waals surface area contributed by atoms with E-state index in [4.69, 9.17) is 11.6 Å². The van der Waals surface area contributed by atoms with Gasteiger partial charge in [0, 0.05) is 28.3 Å². The van der Waals surface area contributed by atoms with Crippen molar-refractivity contribution in [3.05, 3.63) is 32.4 Å². The van der Waals surface area contributed by atoms with Crippen molar-refractivity contribution < 1.29 is 9.90 Å². The minimum absolute atomic E-state index is 0.0468. The predicted octanol–water partition coefficient (Wildman–Crippen LogP) is 2.08. The summed E-state index contributed by atoms with van der Waals surface area (Å²) in [6.45, 7) is 1.14. The van der Waals surface area contributed by atoms with Gasteiger partial charge >= 0.3 is 0 Å². The summed E-state index contributed by atoms with van der Waals surface area (Å²) in [5.41, 5.74) is 0.577. The number of β-amino-alcohol motifs (C(OH)–C–C–N with tert-alkyl or cyclic N) is 1. The number of rotatable bonds is 3. The zero-order chi connectivity index (χ0) is 14.9. The number of likely N-dealkylation sites (tertiary alicyclic amines) is 1. The number of nitrogens with zero attached hydrogens (tertiary/aromatic N) is 2. The first-order valence-electron chi connectivity index (χ1n) is 6.47. The highest BCUT2D eigenvalue weighted by Crippen LogP contribution is 2.24. The molecule has 0 radical (unpaired) electrons. The van der Waals surface area contributed by atoms with Gasteiger partial charge in [0.1, 0.15) is 0 Å². The van der Waals surface area contributed by atoms with E-state index in [0.29, 0.717) is 23.6 Å². The Bertz CT molecular complexity index is 510. The van der Waals surface area contributed by atoms with E-state index in [1.807, 2.05) is 25.1 Å². The van der Waals surface area contributed by atoms with Gasteiger partial charge in [0.05, 0.1) is 11.1 Å². The van der Waals surface area contributed by atoms with Crippen molar-refractivity contribution in [3.63, 3.8) is 0 Å². The summed E-state index contributed by atoms with van der Waals surface area (Å²) in [5.74, 6) is -0.0632. The normalized spacial score (nSPS) is 22.6. The Labute approximate surface area is 137 Å². The van der Waals surface area contributed by atoms with E-state index in [1.165, 1.54) is 0 Å². The van der Waals surface area contributed by atoms with Crippen molar-refractivity contribution in [2.75, 3.05) is 27.2 Å². The second-order valence-corrected chi connectivity index (χ2v) is 6.96. The molecule has 2 rings (SSSR count).